The van der Waals surface area contributed by atoms with Crippen LogP contribution >= 0.6 is 11.6 Å². The molecule has 0 heterocycles. The van der Waals surface area contributed by atoms with Crippen LogP contribution in [-0.2, 0) is 4.74 Å². The van der Waals surface area contributed by atoms with Crippen molar-refractivity contribution in [1.82, 2.24) is 5.32 Å². The quantitative estimate of drug-likeness (QED) is 0.717. The SMILES string of the molecule is CC(C)COCC(O)CNC(=O)Nc1c(F)cc(F)cc1Cl. The van der Waals surface area contributed by atoms with Gasteiger partial charge in [-0.15, -0.1) is 0 Å². The summed E-state index contributed by atoms with van der Waals surface area (Å²) in [5, 5.41) is 13.8. The first-order valence-electron chi connectivity index (χ1n) is 6.74. The number of ether oxygens (including phenoxy) is 1. The highest BCUT2D eigenvalue weighted by Gasteiger charge is 2.14. The summed E-state index contributed by atoms with van der Waals surface area (Å²) in [5.74, 6) is -1.49. The number of hydrogen-bond donors (Lipinski definition) is 3. The highest BCUT2D eigenvalue weighted by molar-refractivity contribution is 6.33. The van der Waals surface area contributed by atoms with Crippen LogP contribution in [0, 0.1) is 17.6 Å². The second-order valence-electron chi connectivity index (χ2n) is 5.16. The summed E-state index contributed by atoms with van der Waals surface area (Å²) in [5.41, 5.74) is -0.328. The van der Waals surface area contributed by atoms with E-state index < -0.39 is 23.8 Å². The van der Waals surface area contributed by atoms with Crippen molar-refractivity contribution in [3.05, 3.63) is 28.8 Å². The lowest BCUT2D eigenvalue weighted by atomic mass is 10.2. The van der Waals surface area contributed by atoms with Gasteiger partial charge in [0.15, 0.2) is 5.82 Å². The number of carbonyl (C=O) groups is 1. The van der Waals surface area contributed by atoms with Crippen LogP contribution in [0.25, 0.3) is 0 Å². The minimum absolute atomic E-state index is 0.0735. The molecule has 2 amide bonds. The summed E-state index contributed by atoms with van der Waals surface area (Å²) >= 11 is 5.65. The van der Waals surface area contributed by atoms with Gasteiger partial charge in [-0.1, -0.05) is 25.4 Å². The third kappa shape index (κ3) is 6.55. The Bertz CT molecular complexity index is 492. The molecule has 0 radical (unpaired) electrons. The molecule has 1 aromatic rings. The summed E-state index contributed by atoms with van der Waals surface area (Å²) < 4.78 is 31.6. The maximum Gasteiger partial charge on any atom is 0.319 e. The van der Waals surface area contributed by atoms with Gasteiger partial charge in [-0.05, 0) is 12.0 Å². The molecule has 1 unspecified atom stereocenters. The zero-order chi connectivity index (χ0) is 16.7. The molecule has 5 nitrogen and oxygen atoms in total. The van der Waals surface area contributed by atoms with Crippen molar-refractivity contribution in [2.75, 3.05) is 25.1 Å². The summed E-state index contributed by atoms with van der Waals surface area (Å²) in [6.07, 6.45) is -0.891. The number of amides is 2. The third-order valence-corrected chi connectivity index (χ3v) is 2.80. The molecule has 3 N–H and O–H groups in total. The molecule has 0 aliphatic rings. The van der Waals surface area contributed by atoms with Crippen LogP contribution in [0.4, 0.5) is 19.3 Å². The first-order valence-corrected chi connectivity index (χ1v) is 7.12. The molecule has 0 aromatic heterocycles. The number of rotatable bonds is 7. The lowest BCUT2D eigenvalue weighted by Crippen LogP contribution is -2.37. The molecule has 124 valence electrons. The van der Waals surface area contributed by atoms with Gasteiger partial charge >= 0.3 is 6.03 Å². The summed E-state index contributed by atoms with van der Waals surface area (Å²) in [4.78, 5) is 11.6. The molecule has 0 saturated carbocycles. The number of halogens is 3. The van der Waals surface area contributed by atoms with Crippen LogP contribution in [0.5, 0.6) is 0 Å². The molecular weight excluding hydrogens is 318 g/mol. The van der Waals surface area contributed by atoms with Crippen LogP contribution < -0.4 is 10.6 Å². The van der Waals surface area contributed by atoms with Crippen molar-refractivity contribution >= 4 is 23.3 Å². The predicted octanol–water partition coefficient (Wildman–Crippen LogP) is 2.77. The number of aliphatic hydroxyl groups excluding tert-OH is 1. The van der Waals surface area contributed by atoms with Gasteiger partial charge in [-0.3, -0.25) is 0 Å². The number of hydrogen-bond acceptors (Lipinski definition) is 3. The summed E-state index contributed by atoms with van der Waals surface area (Å²) in [6.45, 7) is 4.44. The van der Waals surface area contributed by atoms with Crippen molar-refractivity contribution in [3.63, 3.8) is 0 Å². The van der Waals surface area contributed by atoms with Gasteiger partial charge in [0.05, 0.1) is 23.4 Å². The first kappa shape index (κ1) is 18.6. The number of carbonyl (C=O) groups excluding carboxylic acids is 1. The largest absolute Gasteiger partial charge is 0.389 e. The van der Waals surface area contributed by atoms with Gasteiger partial charge in [0.1, 0.15) is 5.82 Å². The summed E-state index contributed by atoms with van der Waals surface area (Å²) in [7, 11) is 0. The minimum atomic E-state index is -0.985. The van der Waals surface area contributed by atoms with Gasteiger partial charge in [-0.2, -0.15) is 0 Å². The third-order valence-electron chi connectivity index (χ3n) is 2.51. The molecule has 0 fully saturated rings. The Labute approximate surface area is 132 Å². The molecule has 0 spiro atoms. The Morgan fingerprint density at radius 1 is 1.36 bits per heavy atom. The Morgan fingerprint density at radius 2 is 2.05 bits per heavy atom. The van der Waals surface area contributed by atoms with E-state index in [-0.39, 0.29) is 23.9 Å². The zero-order valence-corrected chi connectivity index (χ0v) is 13.1. The van der Waals surface area contributed by atoms with E-state index in [0.717, 1.165) is 6.07 Å². The zero-order valence-electron chi connectivity index (χ0n) is 12.3. The number of aliphatic hydroxyl groups is 1. The van der Waals surface area contributed by atoms with Gasteiger partial charge in [0.25, 0.3) is 0 Å². The Kier molecular flexibility index (Phi) is 7.50. The topological polar surface area (TPSA) is 70.6 Å². The Balaban J connectivity index is 2.41. The Morgan fingerprint density at radius 3 is 2.64 bits per heavy atom. The van der Waals surface area contributed by atoms with Crippen LogP contribution in [0.3, 0.4) is 0 Å². The fourth-order valence-electron chi connectivity index (χ4n) is 1.53. The van der Waals surface area contributed by atoms with Crippen molar-refractivity contribution in [1.29, 1.82) is 0 Å². The van der Waals surface area contributed by atoms with Crippen molar-refractivity contribution in [3.8, 4) is 0 Å². The van der Waals surface area contributed by atoms with E-state index in [1.165, 1.54) is 0 Å². The smallest absolute Gasteiger partial charge is 0.319 e. The van der Waals surface area contributed by atoms with Gasteiger partial charge in [0.2, 0.25) is 0 Å². The molecule has 1 rings (SSSR count). The molecule has 8 heteroatoms. The monoisotopic (exact) mass is 336 g/mol. The molecule has 1 aromatic carbocycles. The second-order valence-corrected chi connectivity index (χ2v) is 5.57. The fraction of sp³-hybridized carbons (Fsp3) is 0.500. The average molecular weight is 337 g/mol. The lowest BCUT2D eigenvalue weighted by Gasteiger charge is -2.14. The van der Waals surface area contributed by atoms with E-state index in [9.17, 15) is 18.7 Å². The molecular formula is C14H19ClF2N2O3. The maximum atomic E-state index is 13.5. The van der Waals surface area contributed by atoms with Crippen LogP contribution in [-0.4, -0.2) is 37.0 Å². The molecule has 0 aliphatic heterocycles. The van der Waals surface area contributed by atoms with E-state index in [1.54, 1.807) is 0 Å². The highest BCUT2D eigenvalue weighted by Crippen LogP contribution is 2.26. The van der Waals surface area contributed by atoms with E-state index in [1.807, 2.05) is 13.8 Å². The van der Waals surface area contributed by atoms with Crippen LogP contribution in [0.1, 0.15) is 13.8 Å². The average Bonchev–Trinajstić information content (AvgIpc) is 2.40. The van der Waals surface area contributed by atoms with Gasteiger partial charge in [0, 0.05) is 19.2 Å². The number of anilines is 1. The normalized spacial score (nSPS) is 12.3. The molecule has 0 aliphatic carbocycles. The number of nitrogens with one attached hydrogen (secondary N) is 2. The molecule has 0 bridgehead atoms. The van der Waals surface area contributed by atoms with Gasteiger partial charge < -0.3 is 20.5 Å². The van der Waals surface area contributed by atoms with Crippen molar-refractivity contribution in [2.24, 2.45) is 5.92 Å². The van der Waals surface area contributed by atoms with E-state index in [2.05, 4.69) is 10.6 Å². The molecule has 0 saturated heterocycles. The Hall–Kier alpha value is -1.44. The number of benzene rings is 1. The highest BCUT2D eigenvalue weighted by atomic mass is 35.5. The first-order chi connectivity index (χ1) is 10.3. The summed E-state index contributed by atoms with van der Waals surface area (Å²) in [6, 6.07) is 0.723. The van der Waals surface area contributed by atoms with E-state index >= 15 is 0 Å². The molecule has 1 atom stereocenters. The predicted molar refractivity (Wildman–Crippen MR) is 80.1 cm³/mol. The van der Waals surface area contributed by atoms with Crippen molar-refractivity contribution < 1.29 is 23.4 Å². The standard InChI is InChI=1S/C14H19ClF2N2O3/c1-8(2)6-22-7-10(20)5-18-14(21)19-13-11(15)3-9(16)4-12(13)17/h3-4,8,10,20H,5-7H2,1-2H3,(H2,18,19,21). The molecule has 22 heavy (non-hydrogen) atoms. The van der Waals surface area contributed by atoms with Crippen LogP contribution in [0.2, 0.25) is 5.02 Å². The lowest BCUT2D eigenvalue weighted by molar-refractivity contribution is 0.0274. The van der Waals surface area contributed by atoms with Crippen LogP contribution in [0.15, 0.2) is 12.1 Å². The van der Waals surface area contributed by atoms with E-state index in [0.29, 0.717) is 18.6 Å². The van der Waals surface area contributed by atoms with E-state index in [4.69, 9.17) is 16.3 Å². The minimum Gasteiger partial charge on any atom is -0.389 e. The van der Waals surface area contributed by atoms with Gasteiger partial charge in [-0.25, -0.2) is 13.6 Å². The second kappa shape index (κ2) is 8.87. The number of urea groups is 1. The van der Waals surface area contributed by atoms with Crippen molar-refractivity contribution in [2.45, 2.75) is 20.0 Å². The maximum absolute atomic E-state index is 13.5. The fourth-order valence-corrected chi connectivity index (χ4v) is 1.77.